The number of rotatable bonds is 2. The van der Waals surface area contributed by atoms with Crippen LogP contribution < -0.4 is 0 Å². The molecule has 1 saturated heterocycles. The molecule has 1 atom stereocenters. The molecule has 2 nitrogen and oxygen atoms in total. The van der Waals surface area contributed by atoms with Gasteiger partial charge in [-0.2, -0.15) is 0 Å². The summed E-state index contributed by atoms with van der Waals surface area (Å²) in [6.45, 7) is 5.70. The van der Waals surface area contributed by atoms with Gasteiger partial charge in [-0.1, -0.05) is 30.9 Å². The predicted molar refractivity (Wildman–Crippen MR) is 78.7 cm³/mol. The standard InChI is InChI=1S/C17H23NO/c1-15-5-3-10-18(11-9-15)14-17-7-2-6-16(13-17)8-4-12-19/h2,6-7,13,15,19H,3,5,9-12,14H2,1H3. The van der Waals surface area contributed by atoms with E-state index >= 15 is 0 Å². The number of likely N-dealkylation sites (tertiary alicyclic amines) is 1. The van der Waals surface area contributed by atoms with E-state index in [9.17, 15) is 0 Å². The summed E-state index contributed by atoms with van der Waals surface area (Å²) >= 11 is 0. The van der Waals surface area contributed by atoms with Gasteiger partial charge in [-0.15, -0.1) is 0 Å². The number of hydrogen-bond acceptors (Lipinski definition) is 2. The monoisotopic (exact) mass is 257 g/mol. The first-order chi connectivity index (χ1) is 9.28. The Morgan fingerprint density at radius 1 is 1.32 bits per heavy atom. The second-order valence-corrected chi connectivity index (χ2v) is 5.47. The van der Waals surface area contributed by atoms with Crippen LogP contribution in [0.25, 0.3) is 0 Å². The van der Waals surface area contributed by atoms with Gasteiger partial charge in [0, 0.05) is 12.1 Å². The minimum absolute atomic E-state index is 0.0752. The second kappa shape index (κ2) is 7.33. The lowest BCUT2D eigenvalue weighted by atomic mass is 10.0. The molecule has 1 N–H and O–H groups in total. The topological polar surface area (TPSA) is 23.5 Å². The molecular formula is C17H23NO. The number of benzene rings is 1. The maximum Gasteiger partial charge on any atom is 0.104 e. The summed E-state index contributed by atoms with van der Waals surface area (Å²) in [6, 6.07) is 8.35. The lowest BCUT2D eigenvalue weighted by Crippen LogP contribution is -2.24. The van der Waals surface area contributed by atoms with Crippen molar-refractivity contribution in [3.8, 4) is 11.8 Å². The fraction of sp³-hybridized carbons (Fsp3) is 0.529. The zero-order valence-corrected chi connectivity index (χ0v) is 11.7. The summed E-state index contributed by atoms with van der Waals surface area (Å²) in [7, 11) is 0. The third kappa shape index (κ3) is 4.70. The number of aliphatic hydroxyl groups excluding tert-OH is 1. The van der Waals surface area contributed by atoms with Crippen molar-refractivity contribution in [3.05, 3.63) is 35.4 Å². The highest BCUT2D eigenvalue weighted by Gasteiger charge is 2.13. The first-order valence-electron chi connectivity index (χ1n) is 7.19. The fourth-order valence-corrected chi connectivity index (χ4v) is 2.63. The summed E-state index contributed by atoms with van der Waals surface area (Å²) in [5, 5.41) is 8.73. The molecule has 1 aliphatic rings. The highest BCUT2D eigenvalue weighted by molar-refractivity contribution is 5.37. The predicted octanol–water partition coefficient (Wildman–Crippen LogP) is 2.65. The maximum absolute atomic E-state index is 8.73. The van der Waals surface area contributed by atoms with Gasteiger partial charge in [0.25, 0.3) is 0 Å². The zero-order chi connectivity index (χ0) is 13.5. The molecule has 2 rings (SSSR count). The molecule has 1 aliphatic heterocycles. The molecule has 102 valence electrons. The molecule has 0 aromatic heterocycles. The Kier molecular flexibility index (Phi) is 5.44. The molecule has 1 aromatic rings. The number of nitrogens with zero attached hydrogens (tertiary/aromatic N) is 1. The summed E-state index contributed by atoms with van der Waals surface area (Å²) in [4.78, 5) is 2.54. The Balaban J connectivity index is 1.98. The first kappa shape index (κ1) is 14.1. The van der Waals surface area contributed by atoms with Crippen molar-refractivity contribution in [2.24, 2.45) is 5.92 Å². The van der Waals surface area contributed by atoms with Crippen LogP contribution in [0.2, 0.25) is 0 Å². The molecule has 19 heavy (non-hydrogen) atoms. The number of hydrogen-bond donors (Lipinski definition) is 1. The normalized spacial score (nSPS) is 20.4. The maximum atomic E-state index is 8.73. The Morgan fingerprint density at radius 3 is 3.05 bits per heavy atom. The largest absolute Gasteiger partial charge is 0.384 e. The van der Waals surface area contributed by atoms with Gasteiger partial charge in [0.1, 0.15) is 6.61 Å². The van der Waals surface area contributed by atoms with Crippen LogP contribution in [-0.4, -0.2) is 29.7 Å². The van der Waals surface area contributed by atoms with Crippen molar-refractivity contribution >= 4 is 0 Å². The Morgan fingerprint density at radius 2 is 2.21 bits per heavy atom. The van der Waals surface area contributed by atoms with Gasteiger partial charge >= 0.3 is 0 Å². The van der Waals surface area contributed by atoms with E-state index in [1.165, 1.54) is 37.9 Å². The first-order valence-corrected chi connectivity index (χ1v) is 7.19. The molecule has 1 aromatic carbocycles. The zero-order valence-electron chi connectivity index (χ0n) is 11.7. The lowest BCUT2D eigenvalue weighted by molar-refractivity contribution is 0.273. The van der Waals surface area contributed by atoms with E-state index in [2.05, 4.69) is 41.9 Å². The van der Waals surface area contributed by atoms with E-state index < -0.39 is 0 Å². The van der Waals surface area contributed by atoms with Crippen LogP contribution in [0.3, 0.4) is 0 Å². The van der Waals surface area contributed by atoms with E-state index in [1.54, 1.807) is 0 Å². The van der Waals surface area contributed by atoms with Gasteiger partial charge in [0.2, 0.25) is 0 Å². The summed E-state index contributed by atoms with van der Waals surface area (Å²) in [5.41, 5.74) is 2.31. The molecule has 1 fully saturated rings. The molecule has 1 unspecified atom stereocenters. The average Bonchev–Trinajstić information content (AvgIpc) is 2.62. The quantitative estimate of drug-likeness (QED) is 0.823. The van der Waals surface area contributed by atoms with Crippen LogP contribution in [0.1, 0.15) is 37.3 Å². The Hall–Kier alpha value is -1.30. The third-order valence-corrected chi connectivity index (χ3v) is 3.75. The van der Waals surface area contributed by atoms with Gasteiger partial charge < -0.3 is 5.11 Å². The Labute approximate surface area is 116 Å². The van der Waals surface area contributed by atoms with Crippen LogP contribution in [0.5, 0.6) is 0 Å². The van der Waals surface area contributed by atoms with Crippen molar-refractivity contribution in [2.75, 3.05) is 19.7 Å². The molecule has 0 bridgehead atoms. The lowest BCUT2D eigenvalue weighted by Gasteiger charge is -2.20. The van der Waals surface area contributed by atoms with Crippen molar-refractivity contribution in [3.63, 3.8) is 0 Å². The second-order valence-electron chi connectivity index (χ2n) is 5.47. The van der Waals surface area contributed by atoms with E-state index in [0.717, 1.165) is 18.0 Å². The van der Waals surface area contributed by atoms with Gasteiger partial charge in [0.05, 0.1) is 0 Å². The van der Waals surface area contributed by atoms with Gasteiger partial charge in [-0.3, -0.25) is 4.90 Å². The minimum atomic E-state index is -0.0752. The van der Waals surface area contributed by atoms with Gasteiger partial charge in [-0.05, 0) is 56.0 Å². The molecule has 0 aliphatic carbocycles. The summed E-state index contributed by atoms with van der Waals surface area (Å²) < 4.78 is 0. The average molecular weight is 257 g/mol. The van der Waals surface area contributed by atoms with E-state index in [1.807, 2.05) is 6.07 Å². The summed E-state index contributed by atoms with van der Waals surface area (Å²) in [5.74, 6) is 6.54. The van der Waals surface area contributed by atoms with Crippen LogP contribution in [0, 0.1) is 17.8 Å². The van der Waals surface area contributed by atoms with Crippen LogP contribution in [0.4, 0.5) is 0 Å². The third-order valence-electron chi connectivity index (χ3n) is 3.75. The van der Waals surface area contributed by atoms with Crippen LogP contribution in [0.15, 0.2) is 24.3 Å². The van der Waals surface area contributed by atoms with Crippen molar-refractivity contribution in [1.29, 1.82) is 0 Å². The van der Waals surface area contributed by atoms with E-state index in [4.69, 9.17) is 5.11 Å². The Bertz CT molecular complexity index is 458. The van der Waals surface area contributed by atoms with Crippen molar-refractivity contribution < 1.29 is 5.11 Å². The minimum Gasteiger partial charge on any atom is -0.384 e. The smallest absolute Gasteiger partial charge is 0.104 e. The van der Waals surface area contributed by atoms with Crippen molar-refractivity contribution in [2.45, 2.75) is 32.7 Å². The highest BCUT2D eigenvalue weighted by Crippen LogP contribution is 2.18. The fourth-order valence-electron chi connectivity index (χ4n) is 2.63. The molecule has 0 saturated carbocycles. The summed E-state index contributed by atoms with van der Waals surface area (Å²) in [6.07, 6.45) is 3.98. The van der Waals surface area contributed by atoms with Crippen LogP contribution in [-0.2, 0) is 6.54 Å². The van der Waals surface area contributed by atoms with Gasteiger partial charge in [-0.25, -0.2) is 0 Å². The van der Waals surface area contributed by atoms with Gasteiger partial charge in [0.15, 0.2) is 0 Å². The molecule has 1 heterocycles. The molecular weight excluding hydrogens is 234 g/mol. The van der Waals surface area contributed by atoms with E-state index in [-0.39, 0.29) is 6.61 Å². The molecule has 0 amide bonds. The van der Waals surface area contributed by atoms with Crippen LogP contribution >= 0.6 is 0 Å². The highest BCUT2D eigenvalue weighted by atomic mass is 16.2. The number of aliphatic hydroxyl groups is 1. The van der Waals surface area contributed by atoms with E-state index in [0.29, 0.717) is 0 Å². The molecule has 0 spiro atoms. The SMILES string of the molecule is CC1CCCN(Cc2cccc(C#CCO)c2)CC1. The molecule has 0 radical (unpaired) electrons. The molecule has 2 heteroatoms. The van der Waals surface area contributed by atoms with Crippen molar-refractivity contribution in [1.82, 2.24) is 4.90 Å².